The molecule has 0 saturated heterocycles. The Bertz CT molecular complexity index is 558. The third-order valence-corrected chi connectivity index (χ3v) is 2.66. The van der Waals surface area contributed by atoms with Crippen LogP contribution >= 0.6 is 0 Å². The highest BCUT2D eigenvalue weighted by molar-refractivity contribution is 5.94. The summed E-state index contributed by atoms with van der Waals surface area (Å²) in [5.41, 5.74) is 1.18. The first-order valence-electron chi connectivity index (χ1n) is 6.00. The Kier molecular flexibility index (Phi) is 5.53. The number of carbonyl (C=O) groups excluding carboxylic acids is 1. The largest absolute Gasteiger partial charge is 0.497 e. The van der Waals surface area contributed by atoms with Crippen LogP contribution in [0.25, 0.3) is 0 Å². The van der Waals surface area contributed by atoms with Crippen LogP contribution in [0.2, 0.25) is 0 Å². The summed E-state index contributed by atoms with van der Waals surface area (Å²) in [7, 11) is 1.51. The molecule has 8 nitrogen and oxygen atoms in total. The van der Waals surface area contributed by atoms with Gasteiger partial charge in [-0.3, -0.25) is 4.79 Å². The van der Waals surface area contributed by atoms with E-state index in [1.54, 1.807) is 25.1 Å². The van der Waals surface area contributed by atoms with Gasteiger partial charge in [-0.05, 0) is 30.7 Å². The quantitative estimate of drug-likeness (QED) is 0.622. The van der Waals surface area contributed by atoms with Crippen LogP contribution in [-0.2, 0) is 9.59 Å². The molecule has 0 aliphatic rings. The third-order valence-electron chi connectivity index (χ3n) is 2.66. The average Bonchev–Trinajstić information content (AvgIpc) is 2.39. The predicted molar refractivity (Wildman–Crippen MR) is 73.6 cm³/mol. The molecule has 1 atom stereocenters. The van der Waals surface area contributed by atoms with E-state index < -0.39 is 30.4 Å². The molecule has 114 valence electrons. The normalized spacial score (nSPS) is 11.3. The smallest absolute Gasteiger partial charge is 0.326 e. The fourth-order valence-electron chi connectivity index (χ4n) is 1.59. The van der Waals surface area contributed by atoms with Crippen molar-refractivity contribution in [3.05, 3.63) is 23.8 Å². The highest BCUT2D eigenvalue weighted by Crippen LogP contribution is 2.20. The Morgan fingerprint density at radius 3 is 2.43 bits per heavy atom. The van der Waals surface area contributed by atoms with E-state index in [1.165, 1.54) is 7.11 Å². The SMILES string of the molecule is COc1ccc(NC(=O)N[C@@H](CC(=O)O)C(=O)O)c(C)c1. The number of ether oxygens (including phenoxy) is 1. The van der Waals surface area contributed by atoms with Crippen molar-refractivity contribution in [1.82, 2.24) is 5.32 Å². The fraction of sp³-hybridized carbons (Fsp3) is 0.308. The van der Waals surface area contributed by atoms with Crippen molar-refractivity contribution in [2.45, 2.75) is 19.4 Å². The molecule has 21 heavy (non-hydrogen) atoms. The van der Waals surface area contributed by atoms with Crippen LogP contribution in [0.15, 0.2) is 18.2 Å². The molecule has 0 unspecified atom stereocenters. The number of anilines is 1. The molecule has 4 N–H and O–H groups in total. The fourth-order valence-corrected chi connectivity index (χ4v) is 1.59. The number of carboxylic acids is 2. The molecule has 0 heterocycles. The van der Waals surface area contributed by atoms with Crippen molar-refractivity contribution in [3.8, 4) is 5.75 Å². The maximum Gasteiger partial charge on any atom is 0.326 e. The second-order valence-electron chi connectivity index (χ2n) is 4.27. The first kappa shape index (κ1) is 16.3. The minimum absolute atomic E-state index is 0.466. The molecular formula is C13H16N2O6. The number of aryl methyl sites for hydroxylation is 1. The lowest BCUT2D eigenvalue weighted by Gasteiger charge is -2.14. The Morgan fingerprint density at radius 1 is 1.29 bits per heavy atom. The van der Waals surface area contributed by atoms with Crippen molar-refractivity contribution >= 4 is 23.7 Å². The van der Waals surface area contributed by atoms with Crippen LogP contribution in [0, 0.1) is 6.92 Å². The number of rotatable bonds is 6. The Hall–Kier alpha value is -2.77. The summed E-state index contributed by atoms with van der Waals surface area (Å²) < 4.78 is 5.02. The minimum Gasteiger partial charge on any atom is -0.497 e. The van der Waals surface area contributed by atoms with Gasteiger partial charge in [-0.2, -0.15) is 0 Å². The highest BCUT2D eigenvalue weighted by atomic mass is 16.5. The molecule has 0 spiro atoms. The van der Waals surface area contributed by atoms with E-state index >= 15 is 0 Å². The van der Waals surface area contributed by atoms with E-state index in [9.17, 15) is 14.4 Å². The van der Waals surface area contributed by atoms with Gasteiger partial charge >= 0.3 is 18.0 Å². The molecule has 1 aromatic rings. The first-order valence-corrected chi connectivity index (χ1v) is 6.00. The molecule has 8 heteroatoms. The lowest BCUT2D eigenvalue weighted by molar-refractivity contribution is -0.145. The van der Waals surface area contributed by atoms with E-state index in [4.69, 9.17) is 14.9 Å². The van der Waals surface area contributed by atoms with Gasteiger partial charge in [0.2, 0.25) is 0 Å². The summed E-state index contributed by atoms with van der Waals surface area (Å²) in [6, 6.07) is 2.63. The second kappa shape index (κ2) is 7.13. The van der Waals surface area contributed by atoms with Crippen molar-refractivity contribution in [1.29, 1.82) is 0 Å². The standard InChI is InChI=1S/C13H16N2O6/c1-7-5-8(21-2)3-4-9(7)14-13(20)15-10(12(18)19)6-11(16)17/h3-5,10H,6H2,1-2H3,(H,16,17)(H,18,19)(H2,14,15,20)/t10-/m0/s1. The molecule has 1 aromatic carbocycles. The number of amides is 2. The van der Waals surface area contributed by atoms with Crippen LogP contribution in [0.1, 0.15) is 12.0 Å². The van der Waals surface area contributed by atoms with E-state index in [2.05, 4.69) is 10.6 Å². The molecule has 0 aliphatic carbocycles. The monoisotopic (exact) mass is 296 g/mol. The first-order chi connectivity index (χ1) is 9.83. The number of methoxy groups -OCH3 is 1. The number of carboxylic acid groups (broad SMARTS) is 2. The van der Waals surface area contributed by atoms with Gasteiger partial charge in [0, 0.05) is 5.69 Å². The Balaban J connectivity index is 2.72. The molecule has 0 aromatic heterocycles. The van der Waals surface area contributed by atoms with Gasteiger partial charge in [0.15, 0.2) is 0 Å². The Morgan fingerprint density at radius 2 is 1.95 bits per heavy atom. The number of carbonyl (C=O) groups is 3. The molecule has 0 saturated carbocycles. The van der Waals surface area contributed by atoms with E-state index in [0.717, 1.165) is 5.56 Å². The third kappa shape index (κ3) is 5.01. The number of benzene rings is 1. The Labute approximate surface area is 120 Å². The van der Waals surface area contributed by atoms with Crippen LogP contribution in [0.5, 0.6) is 5.75 Å². The van der Waals surface area contributed by atoms with E-state index in [0.29, 0.717) is 11.4 Å². The summed E-state index contributed by atoms with van der Waals surface area (Å²) in [6.45, 7) is 1.74. The van der Waals surface area contributed by atoms with Crippen LogP contribution in [-0.4, -0.2) is 41.3 Å². The van der Waals surface area contributed by atoms with Crippen molar-refractivity contribution < 1.29 is 29.3 Å². The maximum atomic E-state index is 11.7. The van der Waals surface area contributed by atoms with Gasteiger partial charge in [0.25, 0.3) is 0 Å². The van der Waals surface area contributed by atoms with Crippen molar-refractivity contribution in [2.75, 3.05) is 12.4 Å². The zero-order valence-electron chi connectivity index (χ0n) is 11.5. The molecule has 0 radical (unpaired) electrons. The van der Waals surface area contributed by atoms with Gasteiger partial charge in [0.1, 0.15) is 11.8 Å². The van der Waals surface area contributed by atoms with Gasteiger partial charge in [-0.1, -0.05) is 0 Å². The topological polar surface area (TPSA) is 125 Å². The number of nitrogens with one attached hydrogen (secondary N) is 2. The summed E-state index contributed by atoms with van der Waals surface area (Å²) in [6.07, 6.45) is -0.704. The zero-order valence-corrected chi connectivity index (χ0v) is 11.5. The van der Waals surface area contributed by atoms with Gasteiger partial charge in [0.05, 0.1) is 13.5 Å². The number of urea groups is 1. The van der Waals surface area contributed by atoms with Gasteiger partial charge in [-0.25, -0.2) is 9.59 Å². The summed E-state index contributed by atoms with van der Waals surface area (Å²) in [5, 5.41) is 22.0. The predicted octanol–water partition coefficient (Wildman–Crippen LogP) is 1.05. The lowest BCUT2D eigenvalue weighted by atomic mass is 10.2. The lowest BCUT2D eigenvalue weighted by Crippen LogP contribution is -2.44. The zero-order chi connectivity index (χ0) is 16.0. The summed E-state index contributed by atoms with van der Waals surface area (Å²) >= 11 is 0. The van der Waals surface area contributed by atoms with Crippen LogP contribution in [0.3, 0.4) is 0 Å². The summed E-state index contributed by atoms with van der Waals surface area (Å²) in [5.74, 6) is -2.12. The van der Waals surface area contributed by atoms with Crippen LogP contribution in [0.4, 0.5) is 10.5 Å². The van der Waals surface area contributed by atoms with Crippen LogP contribution < -0.4 is 15.4 Å². The summed E-state index contributed by atoms with van der Waals surface area (Å²) in [4.78, 5) is 33.1. The van der Waals surface area contributed by atoms with E-state index in [-0.39, 0.29) is 0 Å². The average molecular weight is 296 g/mol. The van der Waals surface area contributed by atoms with Crippen molar-refractivity contribution in [2.24, 2.45) is 0 Å². The molecule has 2 amide bonds. The number of hydrogen-bond acceptors (Lipinski definition) is 4. The van der Waals surface area contributed by atoms with Gasteiger partial charge in [-0.15, -0.1) is 0 Å². The second-order valence-corrected chi connectivity index (χ2v) is 4.27. The van der Waals surface area contributed by atoms with Gasteiger partial charge < -0.3 is 25.6 Å². The molecule has 0 fully saturated rings. The minimum atomic E-state index is -1.50. The number of hydrogen-bond donors (Lipinski definition) is 4. The molecule has 0 bridgehead atoms. The van der Waals surface area contributed by atoms with Crippen molar-refractivity contribution in [3.63, 3.8) is 0 Å². The highest BCUT2D eigenvalue weighted by Gasteiger charge is 2.23. The molecule has 1 rings (SSSR count). The molecule has 0 aliphatic heterocycles. The van der Waals surface area contributed by atoms with E-state index in [1.807, 2.05) is 0 Å². The number of aliphatic carboxylic acids is 2. The maximum absolute atomic E-state index is 11.7. The molecular weight excluding hydrogens is 280 g/mol.